The van der Waals surface area contributed by atoms with Crippen molar-refractivity contribution in [2.45, 2.75) is 0 Å². The molecule has 7 nitrogen and oxygen atoms in total. The lowest BCUT2D eigenvalue weighted by Crippen LogP contribution is -1.98. The summed E-state index contributed by atoms with van der Waals surface area (Å²) in [5.74, 6) is 0.780. The highest BCUT2D eigenvalue weighted by Gasteiger charge is 2.16. The molecule has 0 aliphatic heterocycles. The van der Waals surface area contributed by atoms with Crippen LogP contribution in [-0.4, -0.2) is 34.1 Å². The van der Waals surface area contributed by atoms with E-state index in [4.69, 9.17) is 33.2 Å². The summed E-state index contributed by atoms with van der Waals surface area (Å²) in [6.45, 7) is 0. The number of aromatic nitrogens is 7. The second-order valence-electron chi connectivity index (χ2n) is 12.6. The summed E-state index contributed by atoms with van der Waals surface area (Å²) in [6, 6.07) is 36.9. The van der Waals surface area contributed by atoms with Crippen molar-refractivity contribution in [3.05, 3.63) is 163 Å². The van der Waals surface area contributed by atoms with Crippen molar-refractivity contribution in [3.63, 3.8) is 0 Å². The molecule has 52 heavy (non-hydrogen) atoms. The first-order valence-electron chi connectivity index (χ1n) is 16.7. The molecule has 0 saturated heterocycles. The van der Waals surface area contributed by atoms with Crippen LogP contribution in [-0.2, 0) is 0 Å². The van der Waals surface area contributed by atoms with Crippen LogP contribution in [0.2, 0.25) is 10.0 Å². The minimum Gasteiger partial charge on any atom is -0.308 e. The van der Waals surface area contributed by atoms with Gasteiger partial charge in [-0.25, -0.2) is 9.97 Å². The second-order valence-corrected chi connectivity index (χ2v) is 13.5. The van der Waals surface area contributed by atoms with Gasteiger partial charge in [-0.3, -0.25) is 19.5 Å². The molecule has 10 rings (SSSR count). The van der Waals surface area contributed by atoms with E-state index in [1.165, 1.54) is 0 Å². The number of hydrogen-bond donors (Lipinski definition) is 0. The predicted molar refractivity (Wildman–Crippen MR) is 210 cm³/mol. The zero-order valence-electron chi connectivity index (χ0n) is 27.3. The van der Waals surface area contributed by atoms with E-state index in [-0.39, 0.29) is 0 Å². The van der Waals surface area contributed by atoms with E-state index in [9.17, 15) is 0 Å². The number of rotatable bonds is 5. The Hall–Kier alpha value is -6.41. The van der Waals surface area contributed by atoms with Crippen molar-refractivity contribution in [3.8, 4) is 45.1 Å². The summed E-state index contributed by atoms with van der Waals surface area (Å²) in [5, 5.41) is 5.71. The van der Waals surface area contributed by atoms with E-state index in [0.717, 1.165) is 88.8 Å². The fourth-order valence-corrected chi connectivity index (χ4v) is 7.54. The SMILES string of the molecule is Clc1ccc2c(c1)c1ccncc1n2-c1ccc(-c2cc(-c3ccncc3)nc(-c3ccc(-n4c5ccc(Cl)cc5c5ccncc54)nc3)c2)cc1. The zero-order chi connectivity index (χ0) is 34.8. The molecule has 0 aliphatic carbocycles. The molecule has 10 aromatic rings. The molecule has 0 N–H and O–H groups in total. The van der Waals surface area contributed by atoms with Crippen molar-refractivity contribution in [1.29, 1.82) is 0 Å². The molecular weight excluding hydrogens is 685 g/mol. The third-order valence-electron chi connectivity index (χ3n) is 9.59. The van der Waals surface area contributed by atoms with Gasteiger partial charge < -0.3 is 4.57 Å². The van der Waals surface area contributed by atoms with Crippen LogP contribution < -0.4 is 0 Å². The first-order chi connectivity index (χ1) is 25.6. The second kappa shape index (κ2) is 12.1. The maximum absolute atomic E-state index is 6.41. The Morgan fingerprint density at radius 1 is 0.404 bits per heavy atom. The maximum atomic E-state index is 6.41. The molecule has 0 saturated carbocycles. The van der Waals surface area contributed by atoms with Gasteiger partial charge in [0.2, 0.25) is 0 Å². The van der Waals surface area contributed by atoms with Crippen LogP contribution in [0.1, 0.15) is 0 Å². The number of fused-ring (bicyclic) bond motifs is 6. The van der Waals surface area contributed by atoms with Crippen molar-refractivity contribution < 1.29 is 0 Å². The molecule has 7 aromatic heterocycles. The molecular formula is C43H25Cl2N7. The van der Waals surface area contributed by atoms with Gasteiger partial charge in [0, 0.05) is 79.4 Å². The third-order valence-corrected chi connectivity index (χ3v) is 10.1. The molecule has 0 unspecified atom stereocenters. The lowest BCUT2D eigenvalue weighted by atomic mass is 10.0. The van der Waals surface area contributed by atoms with Crippen LogP contribution in [0.25, 0.3) is 88.8 Å². The summed E-state index contributed by atoms with van der Waals surface area (Å²) in [7, 11) is 0. The highest BCUT2D eigenvalue weighted by Crippen LogP contribution is 2.36. The average Bonchev–Trinajstić information content (AvgIpc) is 3.70. The van der Waals surface area contributed by atoms with Crippen molar-refractivity contribution in [2.75, 3.05) is 0 Å². The molecule has 0 radical (unpaired) electrons. The van der Waals surface area contributed by atoms with Gasteiger partial charge in [-0.1, -0.05) is 35.3 Å². The van der Waals surface area contributed by atoms with Gasteiger partial charge >= 0.3 is 0 Å². The normalized spacial score (nSPS) is 11.7. The van der Waals surface area contributed by atoms with Gasteiger partial charge in [0.05, 0.1) is 45.8 Å². The van der Waals surface area contributed by atoms with E-state index in [1.54, 1.807) is 18.6 Å². The van der Waals surface area contributed by atoms with Crippen LogP contribution >= 0.6 is 23.2 Å². The zero-order valence-corrected chi connectivity index (χ0v) is 28.8. The molecule has 0 spiro atoms. The quantitative estimate of drug-likeness (QED) is 0.178. The predicted octanol–water partition coefficient (Wildman–Crippen LogP) is 11.2. The molecule has 0 bridgehead atoms. The maximum Gasteiger partial charge on any atom is 0.137 e. The lowest BCUT2D eigenvalue weighted by molar-refractivity contribution is 1.07. The standard InChI is InChI=1S/C43H25Cl2N7/c44-30-4-8-39-35(21-30)33-13-17-47-24-41(33)51(39)32-6-1-26(2-7-32)29-19-37(27-11-15-46-16-12-27)50-38(20-29)28-3-10-43(49-23-28)52-40-9-5-31(45)22-36(40)34-14-18-48-25-42(34)52/h1-25H. The van der Waals surface area contributed by atoms with Gasteiger partial charge in [-0.05, 0) is 108 Å². The van der Waals surface area contributed by atoms with Crippen LogP contribution in [0, 0.1) is 0 Å². The Bertz CT molecular complexity index is 2790. The number of nitrogens with zero attached hydrogens (tertiary/aromatic N) is 7. The number of halogens is 2. The van der Waals surface area contributed by atoms with Gasteiger partial charge in [-0.2, -0.15) is 0 Å². The fraction of sp³-hybridized carbons (Fsp3) is 0. The minimum atomic E-state index is 0.687. The van der Waals surface area contributed by atoms with Crippen LogP contribution in [0.4, 0.5) is 0 Å². The summed E-state index contributed by atoms with van der Waals surface area (Å²) in [5.41, 5.74) is 10.7. The highest BCUT2D eigenvalue weighted by atomic mass is 35.5. The molecule has 0 aliphatic rings. The highest BCUT2D eigenvalue weighted by molar-refractivity contribution is 6.32. The van der Waals surface area contributed by atoms with E-state index in [2.05, 4.69) is 72.6 Å². The summed E-state index contributed by atoms with van der Waals surface area (Å²) in [6.07, 6.45) is 12.8. The van der Waals surface area contributed by atoms with Crippen molar-refractivity contribution in [1.82, 2.24) is 34.1 Å². The summed E-state index contributed by atoms with van der Waals surface area (Å²) in [4.78, 5) is 23.1. The van der Waals surface area contributed by atoms with Gasteiger partial charge in [0.15, 0.2) is 0 Å². The number of pyridine rings is 5. The van der Waals surface area contributed by atoms with E-state index in [0.29, 0.717) is 10.0 Å². The van der Waals surface area contributed by atoms with Crippen molar-refractivity contribution >= 4 is 66.8 Å². The summed E-state index contributed by atoms with van der Waals surface area (Å²) < 4.78 is 4.35. The average molecular weight is 711 g/mol. The van der Waals surface area contributed by atoms with E-state index in [1.807, 2.05) is 85.5 Å². The Morgan fingerprint density at radius 3 is 1.62 bits per heavy atom. The number of benzene rings is 3. The van der Waals surface area contributed by atoms with E-state index < -0.39 is 0 Å². The van der Waals surface area contributed by atoms with Gasteiger partial charge in [-0.15, -0.1) is 0 Å². The molecule has 3 aromatic carbocycles. The molecule has 9 heteroatoms. The van der Waals surface area contributed by atoms with Crippen LogP contribution in [0.15, 0.2) is 153 Å². The Labute approximate surface area is 307 Å². The molecule has 246 valence electrons. The monoisotopic (exact) mass is 709 g/mol. The first-order valence-corrected chi connectivity index (χ1v) is 17.4. The summed E-state index contributed by atoms with van der Waals surface area (Å²) >= 11 is 12.8. The Kier molecular flexibility index (Phi) is 7.09. The molecule has 7 heterocycles. The topological polar surface area (TPSA) is 74.3 Å². The smallest absolute Gasteiger partial charge is 0.137 e. The van der Waals surface area contributed by atoms with Crippen LogP contribution in [0.3, 0.4) is 0 Å². The molecule has 0 fully saturated rings. The Balaban J connectivity index is 1.07. The van der Waals surface area contributed by atoms with Crippen molar-refractivity contribution in [2.24, 2.45) is 0 Å². The van der Waals surface area contributed by atoms with Crippen LogP contribution in [0.5, 0.6) is 0 Å². The largest absolute Gasteiger partial charge is 0.308 e. The van der Waals surface area contributed by atoms with E-state index >= 15 is 0 Å². The van der Waals surface area contributed by atoms with Gasteiger partial charge in [0.25, 0.3) is 0 Å². The fourth-order valence-electron chi connectivity index (χ4n) is 7.20. The molecule has 0 amide bonds. The lowest BCUT2D eigenvalue weighted by Gasteiger charge is -2.12. The molecule has 0 atom stereocenters. The van der Waals surface area contributed by atoms with Gasteiger partial charge in [0.1, 0.15) is 5.82 Å². The minimum absolute atomic E-state index is 0.687. The third kappa shape index (κ3) is 5.01. The Morgan fingerprint density at radius 2 is 0.981 bits per heavy atom. The first kappa shape index (κ1) is 30.4. The number of hydrogen-bond acceptors (Lipinski definition) is 5.